The Balaban J connectivity index is 1.56. The van der Waals surface area contributed by atoms with Crippen molar-refractivity contribution < 1.29 is 32.2 Å². The van der Waals surface area contributed by atoms with Crippen molar-refractivity contribution in [2.75, 3.05) is 18.4 Å². The van der Waals surface area contributed by atoms with E-state index in [4.69, 9.17) is 0 Å². The highest BCUT2D eigenvalue weighted by molar-refractivity contribution is 5.70. The van der Waals surface area contributed by atoms with Crippen molar-refractivity contribution in [1.29, 1.82) is 0 Å². The summed E-state index contributed by atoms with van der Waals surface area (Å²) in [4.78, 5) is 30.4. The molecule has 4 rings (SSSR count). The van der Waals surface area contributed by atoms with Gasteiger partial charge in [0.05, 0.1) is 11.6 Å². The Kier molecular flexibility index (Phi) is 7.21. The fourth-order valence-corrected chi connectivity index (χ4v) is 4.38. The first-order chi connectivity index (χ1) is 17.4. The maximum Gasteiger partial charge on any atom is 0.573 e. The summed E-state index contributed by atoms with van der Waals surface area (Å²) in [5.74, 6) is -3.17. The molecule has 0 bridgehead atoms. The van der Waals surface area contributed by atoms with E-state index in [9.17, 15) is 32.3 Å². The van der Waals surface area contributed by atoms with Crippen LogP contribution >= 0.6 is 0 Å². The van der Waals surface area contributed by atoms with E-state index in [-0.39, 0.29) is 17.4 Å². The molecule has 12 heteroatoms. The molecular formula is C25H24F4N4O4. The number of benzene rings is 2. The average Bonchev–Trinajstić information content (AvgIpc) is 3.27. The molecule has 2 N–H and O–H groups in total. The van der Waals surface area contributed by atoms with Crippen LogP contribution in [0.25, 0.3) is 5.69 Å². The van der Waals surface area contributed by atoms with Crippen molar-refractivity contribution in [3.63, 3.8) is 0 Å². The zero-order chi connectivity index (χ0) is 26.9. The predicted molar refractivity (Wildman–Crippen MR) is 127 cm³/mol. The number of likely N-dealkylation sites (tertiary alicyclic amines) is 1. The molecule has 196 valence electrons. The molecular weight excluding hydrogens is 496 g/mol. The number of halogens is 4. The van der Waals surface area contributed by atoms with Crippen LogP contribution in [0.4, 0.5) is 29.1 Å². The molecule has 3 aromatic rings. The monoisotopic (exact) mass is 520 g/mol. The number of carboxylic acids is 1. The number of alkyl halides is 3. The molecule has 0 spiro atoms. The Morgan fingerprint density at radius 2 is 1.92 bits per heavy atom. The first kappa shape index (κ1) is 26.1. The second-order valence-corrected chi connectivity index (χ2v) is 8.88. The summed E-state index contributed by atoms with van der Waals surface area (Å²) in [6, 6.07) is 6.14. The third-order valence-electron chi connectivity index (χ3n) is 6.23. The molecule has 0 radical (unpaired) electrons. The SMILES string of the molecule is Cc1cc(-n2ccnc(Nc3ccc(OC(F)(F)F)cc3F)c2=O)cc(C)c1CN1CCC(C(=O)O)C1. The van der Waals surface area contributed by atoms with E-state index < -0.39 is 29.5 Å². The summed E-state index contributed by atoms with van der Waals surface area (Å²) in [6.45, 7) is 5.57. The fourth-order valence-electron chi connectivity index (χ4n) is 4.38. The topological polar surface area (TPSA) is 96.7 Å². The van der Waals surface area contributed by atoms with Gasteiger partial charge in [0, 0.05) is 37.2 Å². The largest absolute Gasteiger partial charge is 0.573 e. The number of aryl methyl sites for hydroxylation is 2. The molecule has 2 heterocycles. The first-order valence-electron chi connectivity index (χ1n) is 11.4. The van der Waals surface area contributed by atoms with Gasteiger partial charge in [0.2, 0.25) is 0 Å². The van der Waals surface area contributed by atoms with Crippen molar-refractivity contribution in [1.82, 2.24) is 14.5 Å². The minimum Gasteiger partial charge on any atom is -0.481 e. The number of carbonyl (C=O) groups is 1. The second kappa shape index (κ2) is 10.2. The minimum absolute atomic E-state index is 0.220. The molecule has 1 atom stereocenters. The second-order valence-electron chi connectivity index (χ2n) is 8.88. The highest BCUT2D eigenvalue weighted by atomic mass is 19.4. The highest BCUT2D eigenvalue weighted by Crippen LogP contribution is 2.28. The van der Waals surface area contributed by atoms with Crippen molar-refractivity contribution in [3.8, 4) is 11.4 Å². The summed E-state index contributed by atoms with van der Waals surface area (Å²) >= 11 is 0. The van der Waals surface area contributed by atoms with E-state index in [1.54, 1.807) is 0 Å². The van der Waals surface area contributed by atoms with E-state index in [1.807, 2.05) is 26.0 Å². The number of nitrogens with zero attached hydrogens (tertiary/aromatic N) is 3. The fraction of sp³-hybridized carbons (Fsp3) is 0.320. The van der Waals surface area contributed by atoms with Crippen LogP contribution in [0, 0.1) is 25.6 Å². The third-order valence-corrected chi connectivity index (χ3v) is 6.23. The van der Waals surface area contributed by atoms with Gasteiger partial charge in [-0.05, 0) is 67.8 Å². The van der Waals surface area contributed by atoms with Crippen LogP contribution in [0.2, 0.25) is 0 Å². The average molecular weight is 520 g/mol. The molecule has 1 aliphatic heterocycles. The zero-order valence-electron chi connectivity index (χ0n) is 20.0. The van der Waals surface area contributed by atoms with Crippen molar-refractivity contribution in [3.05, 3.63) is 75.6 Å². The third kappa shape index (κ3) is 6.08. The lowest BCUT2D eigenvalue weighted by atomic mass is 10.0. The number of aliphatic carboxylic acids is 1. The van der Waals surface area contributed by atoms with Gasteiger partial charge in [-0.3, -0.25) is 19.1 Å². The number of hydrogen-bond acceptors (Lipinski definition) is 6. The quantitative estimate of drug-likeness (QED) is 0.442. The number of nitrogens with one attached hydrogen (secondary N) is 1. The molecule has 1 aromatic heterocycles. The molecule has 0 amide bonds. The molecule has 1 fully saturated rings. The summed E-state index contributed by atoms with van der Waals surface area (Å²) in [7, 11) is 0. The molecule has 1 saturated heterocycles. The lowest BCUT2D eigenvalue weighted by molar-refractivity contribution is -0.274. The molecule has 1 unspecified atom stereocenters. The van der Waals surface area contributed by atoms with Crippen LogP contribution in [0.1, 0.15) is 23.1 Å². The van der Waals surface area contributed by atoms with Crippen LogP contribution in [0.15, 0.2) is 47.5 Å². The Morgan fingerprint density at radius 3 is 2.51 bits per heavy atom. The van der Waals surface area contributed by atoms with E-state index >= 15 is 0 Å². The number of hydrogen-bond donors (Lipinski definition) is 2. The maximum absolute atomic E-state index is 14.4. The van der Waals surface area contributed by atoms with E-state index in [1.165, 1.54) is 17.0 Å². The van der Waals surface area contributed by atoms with Gasteiger partial charge in [0.1, 0.15) is 11.6 Å². The number of anilines is 2. The van der Waals surface area contributed by atoms with E-state index in [0.717, 1.165) is 28.8 Å². The van der Waals surface area contributed by atoms with Gasteiger partial charge < -0.3 is 15.2 Å². The van der Waals surface area contributed by atoms with Gasteiger partial charge >= 0.3 is 12.3 Å². The standard InChI is InChI=1S/C25H24F4N4O4/c1-14-9-17(10-15(2)19(14)13-32-7-5-16(12-32)24(35)36)33-8-6-30-22(23(33)34)31-21-4-3-18(11-20(21)26)37-25(27,28)29/h3-4,6,8-11,16H,5,7,12-13H2,1-2H3,(H,30,31)(H,35,36). The number of carboxylic acid groups (broad SMARTS) is 1. The Morgan fingerprint density at radius 1 is 1.22 bits per heavy atom. The van der Waals surface area contributed by atoms with Crippen LogP contribution in [-0.4, -0.2) is 45.0 Å². The van der Waals surface area contributed by atoms with Gasteiger partial charge in [-0.1, -0.05) is 0 Å². The lowest BCUT2D eigenvalue weighted by Gasteiger charge is -2.20. The van der Waals surface area contributed by atoms with Crippen LogP contribution in [0.5, 0.6) is 5.75 Å². The van der Waals surface area contributed by atoms with Gasteiger partial charge in [0.25, 0.3) is 5.56 Å². The molecule has 0 saturated carbocycles. The van der Waals surface area contributed by atoms with Crippen LogP contribution < -0.4 is 15.6 Å². The summed E-state index contributed by atoms with van der Waals surface area (Å²) in [5.41, 5.74) is 2.58. The summed E-state index contributed by atoms with van der Waals surface area (Å²) in [5, 5.41) is 11.8. The molecule has 1 aliphatic rings. The minimum atomic E-state index is -4.96. The van der Waals surface area contributed by atoms with Gasteiger partial charge in [-0.2, -0.15) is 0 Å². The predicted octanol–water partition coefficient (Wildman–Crippen LogP) is 4.54. The van der Waals surface area contributed by atoms with Gasteiger partial charge in [-0.15, -0.1) is 13.2 Å². The molecule has 8 nitrogen and oxygen atoms in total. The summed E-state index contributed by atoms with van der Waals surface area (Å²) < 4.78 is 56.5. The Bertz CT molecular complexity index is 1370. The van der Waals surface area contributed by atoms with Gasteiger partial charge in [-0.25, -0.2) is 9.37 Å². The van der Waals surface area contributed by atoms with Crippen LogP contribution in [-0.2, 0) is 11.3 Å². The smallest absolute Gasteiger partial charge is 0.481 e. The van der Waals surface area contributed by atoms with E-state index in [0.29, 0.717) is 37.8 Å². The number of rotatable bonds is 7. The highest BCUT2D eigenvalue weighted by Gasteiger charge is 2.31. The molecule has 37 heavy (non-hydrogen) atoms. The van der Waals surface area contributed by atoms with Crippen molar-refractivity contribution in [2.45, 2.75) is 33.2 Å². The maximum atomic E-state index is 14.4. The number of aromatic nitrogens is 2. The summed E-state index contributed by atoms with van der Waals surface area (Å²) in [6.07, 6.45) is -1.56. The van der Waals surface area contributed by atoms with Crippen LogP contribution in [0.3, 0.4) is 0 Å². The Labute approximate surface area is 209 Å². The van der Waals surface area contributed by atoms with Crippen molar-refractivity contribution >= 4 is 17.5 Å². The molecule has 2 aromatic carbocycles. The normalized spacial score (nSPS) is 16.1. The Hall–Kier alpha value is -3.93. The molecule has 0 aliphatic carbocycles. The first-order valence-corrected chi connectivity index (χ1v) is 11.4. The lowest BCUT2D eigenvalue weighted by Crippen LogP contribution is -2.24. The van der Waals surface area contributed by atoms with Gasteiger partial charge in [0.15, 0.2) is 5.82 Å². The van der Waals surface area contributed by atoms with Crippen molar-refractivity contribution in [2.24, 2.45) is 5.92 Å². The zero-order valence-corrected chi connectivity index (χ0v) is 20.0. The number of ether oxygens (including phenoxy) is 1. The van der Waals surface area contributed by atoms with E-state index in [2.05, 4.69) is 19.9 Å².